The summed E-state index contributed by atoms with van der Waals surface area (Å²) in [5.74, 6) is 0. The fraction of sp³-hybridized carbons (Fsp3) is 0.297. The summed E-state index contributed by atoms with van der Waals surface area (Å²) in [6.45, 7) is 33.3. The summed E-state index contributed by atoms with van der Waals surface area (Å²) in [5.41, 5.74) is 26.7. The number of rotatable bonds is 6. The van der Waals surface area contributed by atoms with Gasteiger partial charge in [0.25, 0.3) is 0 Å². The lowest BCUT2D eigenvalue weighted by Gasteiger charge is -2.47. The zero-order valence-electron chi connectivity index (χ0n) is 48.6. The predicted molar refractivity (Wildman–Crippen MR) is 336 cm³/mol. The molecular weight excluding hydrogens is 942 g/mol. The summed E-state index contributed by atoms with van der Waals surface area (Å²) in [6, 6.07) is 68.3. The largest absolute Gasteiger partial charge is 0.376 e. The van der Waals surface area contributed by atoms with Crippen LogP contribution in [0.2, 0.25) is 0 Å². The molecule has 4 heteroatoms. The third-order valence-corrected chi connectivity index (χ3v) is 19.1. The standard InChI is InChI=1S/C74H76BN3/c1-69(2,3)48-28-32-51(33-29-48)77(52-34-30-49(31-35-52)70(4,5)6)53-36-38-56-64(44-53)78(54-37-39-59-61(43-54)72(9,10)41-40-71(59,7)8)75-62-25-19-24-60(73(11,12)50-27-26-46-20-15-16-21-47(46)42-50)68(62)76-63-45-57-55-22-17-18-23-58(55)74(13,14)66(57)65(56)67(63)75/h15-39,42-45,76H,40-41H2,1-14H3. The first kappa shape index (κ1) is 50.2. The minimum Gasteiger partial charge on any atom is -0.376 e. The van der Waals surface area contributed by atoms with Crippen LogP contribution >= 0.6 is 0 Å². The quantitative estimate of drug-likeness (QED) is 0.168. The lowest BCUT2D eigenvalue weighted by atomic mass is 9.42. The molecule has 0 unspecified atom stereocenters. The summed E-state index contributed by atoms with van der Waals surface area (Å²) < 4.78 is 0. The highest BCUT2D eigenvalue weighted by Crippen LogP contribution is 2.58. The van der Waals surface area contributed by atoms with Crippen molar-refractivity contribution >= 4 is 68.4 Å². The van der Waals surface area contributed by atoms with E-state index in [1.165, 1.54) is 118 Å². The Balaban J connectivity index is 1.12. The number of hydrogen-bond donors (Lipinski definition) is 1. The van der Waals surface area contributed by atoms with Gasteiger partial charge in [-0.25, -0.2) is 0 Å². The molecule has 78 heavy (non-hydrogen) atoms. The first-order chi connectivity index (χ1) is 36.9. The van der Waals surface area contributed by atoms with Crippen molar-refractivity contribution in [1.82, 2.24) is 0 Å². The molecule has 0 saturated carbocycles. The normalized spacial score (nSPS) is 16.3. The maximum absolute atomic E-state index is 4.29. The average Bonchev–Trinajstić information content (AvgIpc) is 3.88. The number of nitrogens with one attached hydrogen (secondary N) is 1. The second-order valence-electron chi connectivity index (χ2n) is 27.8. The van der Waals surface area contributed by atoms with Gasteiger partial charge in [0.05, 0.1) is 0 Å². The minimum absolute atomic E-state index is 0.0132. The molecular formula is C74H76BN3. The molecule has 9 aromatic rings. The van der Waals surface area contributed by atoms with Gasteiger partial charge in [-0.3, -0.25) is 0 Å². The van der Waals surface area contributed by atoms with E-state index in [4.69, 9.17) is 0 Å². The second kappa shape index (κ2) is 17.1. The Morgan fingerprint density at radius 1 is 0.487 bits per heavy atom. The molecule has 0 spiro atoms. The van der Waals surface area contributed by atoms with E-state index < -0.39 is 0 Å². The SMILES string of the molecule is CC(C)(C)c1ccc(N(c2ccc(C(C)(C)C)cc2)c2ccc3c(c2)N(c2ccc4c(c2)C(C)(C)CCC4(C)C)B2c4cccc(C(C)(C)c5ccc6ccccc6c5)c4Nc4cc5c(c-3c42)C(C)(C)c2ccccc2-5)cc1. The maximum Gasteiger partial charge on any atom is 0.333 e. The third kappa shape index (κ3) is 7.66. The highest BCUT2D eigenvalue weighted by atomic mass is 15.2. The van der Waals surface area contributed by atoms with E-state index in [-0.39, 0.29) is 39.3 Å². The maximum atomic E-state index is 4.29. The van der Waals surface area contributed by atoms with Crippen LogP contribution in [-0.2, 0) is 32.5 Å². The van der Waals surface area contributed by atoms with Crippen molar-refractivity contribution in [2.24, 2.45) is 0 Å². The van der Waals surface area contributed by atoms with Gasteiger partial charge in [0.15, 0.2) is 0 Å². The van der Waals surface area contributed by atoms with Crippen LogP contribution in [0.4, 0.5) is 39.8 Å². The van der Waals surface area contributed by atoms with Crippen LogP contribution in [0.25, 0.3) is 33.0 Å². The summed E-state index contributed by atoms with van der Waals surface area (Å²) in [4.78, 5) is 5.26. The molecule has 4 aliphatic rings. The van der Waals surface area contributed by atoms with E-state index in [0.717, 1.165) is 23.5 Å². The summed E-state index contributed by atoms with van der Waals surface area (Å²) >= 11 is 0. The minimum atomic E-state index is -0.342. The van der Waals surface area contributed by atoms with Crippen LogP contribution in [0.3, 0.4) is 0 Å². The molecule has 3 nitrogen and oxygen atoms in total. The van der Waals surface area contributed by atoms with E-state index in [0.29, 0.717) is 0 Å². The molecule has 2 aliphatic carbocycles. The van der Waals surface area contributed by atoms with Crippen LogP contribution in [0.15, 0.2) is 176 Å². The van der Waals surface area contributed by atoms with Crippen molar-refractivity contribution in [3.63, 3.8) is 0 Å². The first-order valence-corrected chi connectivity index (χ1v) is 28.7. The zero-order valence-corrected chi connectivity index (χ0v) is 48.6. The van der Waals surface area contributed by atoms with E-state index >= 15 is 0 Å². The Kier molecular flexibility index (Phi) is 11.0. The third-order valence-electron chi connectivity index (χ3n) is 19.1. The fourth-order valence-electron chi connectivity index (χ4n) is 14.3. The smallest absolute Gasteiger partial charge is 0.333 e. The van der Waals surface area contributed by atoms with E-state index in [1.54, 1.807) is 0 Å². The van der Waals surface area contributed by atoms with Gasteiger partial charge < -0.3 is 15.0 Å². The van der Waals surface area contributed by atoms with Crippen molar-refractivity contribution in [3.05, 3.63) is 220 Å². The number of hydrogen-bond acceptors (Lipinski definition) is 3. The van der Waals surface area contributed by atoms with Gasteiger partial charge in [-0.1, -0.05) is 218 Å². The molecule has 0 atom stereocenters. The number of para-hydroxylation sites is 1. The fourth-order valence-corrected chi connectivity index (χ4v) is 14.3. The van der Waals surface area contributed by atoms with Gasteiger partial charge in [0.1, 0.15) is 0 Å². The summed E-state index contributed by atoms with van der Waals surface area (Å²) in [7, 11) is 0. The molecule has 2 heterocycles. The Hall–Kier alpha value is -7.30. The van der Waals surface area contributed by atoms with Crippen molar-refractivity contribution < 1.29 is 0 Å². The highest BCUT2D eigenvalue weighted by molar-refractivity contribution is 6.93. The number of fused-ring (bicyclic) bond motifs is 10. The Bertz CT molecular complexity index is 3860. The van der Waals surface area contributed by atoms with Gasteiger partial charge in [-0.05, 0) is 172 Å². The molecule has 13 rings (SSSR count). The highest BCUT2D eigenvalue weighted by Gasteiger charge is 2.50. The number of nitrogens with zero attached hydrogens (tertiary/aromatic N) is 2. The molecule has 0 bridgehead atoms. The lowest BCUT2D eigenvalue weighted by Crippen LogP contribution is -2.61. The van der Waals surface area contributed by atoms with Gasteiger partial charge in [-0.2, -0.15) is 0 Å². The van der Waals surface area contributed by atoms with Crippen LogP contribution < -0.4 is 26.0 Å². The molecule has 9 aromatic carbocycles. The van der Waals surface area contributed by atoms with E-state index in [1.807, 2.05) is 0 Å². The number of anilines is 7. The van der Waals surface area contributed by atoms with Crippen molar-refractivity contribution in [2.45, 2.75) is 142 Å². The summed E-state index contributed by atoms with van der Waals surface area (Å²) in [5, 5.41) is 6.82. The van der Waals surface area contributed by atoms with Crippen molar-refractivity contribution in [3.8, 4) is 22.3 Å². The molecule has 390 valence electrons. The molecule has 0 amide bonds. The second-order valence-corrected chi connectivity index (χ2v) is 27.8. The Labute approximate surface area is 465 Å². The molecule has 2 aliphatic heterocycles. The molecule has 0 aromatic heterocycles. The Morgan fingerprint density at radius 3 is 1.76 bits per heavy atom. The van der Waals surface area contributed by atoms with Gasteiger partial charge in [0.2, 0.25) is 0 Å². The average molecular weight is 1020 g/mol. The van der Waals surface area contributed by atoms with Crippen molar-refractivity contribution in [2.75, 3.05) is 15.0 Å². The van der Waals surface area contributed by atoms with E-state index in [2.05, 4.69) is 288 Å². The van der Waals surface area contributed by atoms with Crippen LogP contribution in [0.5, 0.6) is 0 Å². The zero-order chi connectivity index (χ0) is 54.6. The number of benzene rings is 9. The van der Waals surface area contributed by atoms with Crippen LogP contribution in [0, 0.1) is 0 Å². The Morgan fingerprint density at radius 2 is 1.09 bits per heavy atom. The van der Waals surface area contributed by atoms with Crippen LogP contribution in [-0.4, -0.2) is 6.85 Å². The topological polar surface area (TPSA) is 18.5 Å². The van der Waals surface area contributed by atoms with Gasteiger partial charge >= 0.3 is 6.85 Å². The van der Waals surface area contributed by atoms with Crippen LogP contribution in [0.1, 0.15) is 154 Å². The summed E-state index contributed by atoms with van der Waals surface area (Å²) in [6.07, 6.45) is 2.31. The van der Waals surface area contributed by atoms with Crippen molar-refractivity contribution in [1.29, 1.82) is 0 Å². The van der Waals surface area contributed by atoms with Gasteiger partial charge in [0, 0.05) is 56.2 Å². The van der Waals surface area contributed by atoms with E-state index in [9.17, 15) is 0 Å². The first-order valence-electron chi connectivity index (χ1n) is 28.7. The molecule has 0 radical (unpaired) electrons. The monoisotopic (exact) mass is 1020 g/mol. The molecule has 0 fully saturated rings. The van der Waals surface area contributed by atoms with Gasteiger partial charge in [-0.15, -0.1) is 0 Å². The predicted octanol–water partition coefficient (Wildman–Crippen LogP) is 18.9. The molecule has 0 saturated heterocycles. The molecule has 1 N–H and O–H groups in total. The lowest BCUT2D eigenvalue weighted by molar-refractivity contribution is 0.332.